The van der Waals surface area contributed by atoms with Crippen molar-refractivity contribution < 1.29 is 4.79 Å². The Bertz CT molecular complexity index is 898. The number of carbonyl (C=O) groups is 1. The van der Waals surface area contributed by atoms with Crippen LogP contribution in [0, 0.1) is 5.92 Å². The molecular formula is C20H23N7O. The van der Waals surface area contributed by atoms with Gasteiger partial charge < -0.3 is 15.5 Å². The molecule has 2 aromatic heterocycles. The van der Waals surface area contributed by atoms with Crippen LogP contribution in [-0.2, 0) is 0 Å². The second-order valence-corrected chi connectivity index (χ2v) is 6.81. The van der Waals surface area contributed by atoms with Crippen molar-refractivity contribution in [2.75, 3.05) is 29.9 Å². The minimum atomic E-state index is -0.215. The van der Waals surface area contributed by atoms with Crippen LogP contribution < -0.4 is 15.5 Å². The zero-order valence-corrected chi connectivity index (χ0v) is 15.5. The van der Waals surface area contributed by atoms with Gasteiger partial charge in [0.1, 0.15) is 0 Å². The SMILES string of the molecule is O=C(NCC1CCCN(c2ncccn2)C1)Nc1ccccc1-n1cccn1. The Balaban J connectivity index is 1.33. The molecule has 8 nitrogen and oxygen atoms in total. The fourth-order valence-corrected chi connectivity index (χ4v) is 3.46. The molecule has 3 heterocycles. The van der Waals surface area contributed by atoms with Crippen molar-refractivity contribution in [1.29, 1.82) is 0 Å². The van der Waals surface area contributed by atoms with Gasteiger partial charge in [-0.25, -0.2) is 19.4 Å². The average molecular weight is 377 g/mol. The molecule has 0 saturated carbocycles. The van der Waals surface area contributed by atoms with Crippen molar-refractivity contribution >= 4 is 17.7 Å². The third kappa shape index (κ3) is 4.28. The monoisotopic (exact) mass is 377 g/mol. The van der Waals surface area contributed by atoms with Crippen molar-refractivity contribution in [2.24, 2.45) is 5.92 Å². The molecule has 1 aliphatic heterocycles. The molecule has 1 saturated heterocycles. The molecule has 2 amide bonds. The number of para-hydroxylation sites is 2. The second kappa shape index (κ2) is 8.51. The summed E-state index contributed by atoms with van der Waals surface area (Å²) in [7, 11) is 0. The van der Waals surface area contributed by atoms with Crippen LogP contribution in [0.4, 0.5) is 16.4 Å². The van der Waals surface area contributed by atoms with Crippen molar-refractivity contribution in [3.8, 4) is 5.69 Å². The minimum Gasteiger partial charge on any atom is -0.340 e. The van der Waals surface area contributed by atoms with Crippen LogP contribution in [0.15, 0.2) is 61.2 Å². The van der Waals surface area contributed by atoms with Crippen LogP contribution in [0.2, 0.25) is 0 Å². The van der Waals surface area contributed by atoms with Gasteiger partial charge in [-0.15, -0.1) is 0 Å². The average Bonchev–Trinajstić information content (AvgIpc) is 3.28. The topological polar surface area (TPSA) is 88.0 Å². The van der Waals surface area contributed by atoms with E-state index in [1.807, 2.05) is 42.6 Å². The first-order chi connectivity index (χ1) is 13.8. The predicted molar refractivity (Wildman–Crippen MR) is 108 cm³/mol. The Kier molecular flexibility index (Phi) is 5.46. The normalized spacial score (nSPS) is 16.6. The predicted octanol–water partition coefficient (Wildman–Crippen LogP) is 2.70. The van der Waals surface area contributed by atoms with E-state index >= 15 is 0 Å². The number of rotatable bonds is 5. The molecule has 28 heavy (non-hydrogen) atoms. The number of carbonyl (C=O) groups excluding carboxylic acids is 1. The summed E-state index contributed by atoms with van der Waals surface area (Å²) in [6, 6.07) is 11.0. The summed E-state index contributed by atoms with van der Waals surface area (Å²) < 4.78 is 1.73. The molecule has 0 spiro atoms. The zero-order valence-electron chi connectivity index (χ0n) is 15.5. The van der Waals surface area contributed by atoms with Crippen LogP contribution >= 0.6 is 0 Å². The highest BCUT2D eigenvalue weighted by Gasteiger charge is 2.22. The summed E-state index contributed by atoms with van der Waals surface area (Å²) in [5, 5.41) is 10.2. The molecule has 1 aliphatic rings. The van der Waals surface area contributed by atoms with E-state index in [0.717, 1.165) is 37.6 Å². The van der Waals surface area contributed by atoms with E-state index < -0.39 is 0 Å². The molecule has 4 rings (SSSR count). The van der Waals surface area contributed by atoms with Gasteiger partial charge in [-0.3, -0.25) is 0 Å². The quantitative estimate of drug-likeness (QED) is 0.714. The van der Waals surface area contributed by atoms with Crippen LogP contribution in [0.1, 0.15) is 12.8 Å². The Hall–Kier alpha value is -3.42. The molecule has 8 heteroatoms. The third-order valence-corrected chi connectivity index (χ3v) is 4.81. The second-order valence-electron chi connectivity index (χ2n) is 6.81. The summed E-state index contributed by atoms with van der Waals surface area (Å²) in [5.74, 6) is 1.12. The number of amides is 2. The smallest absolute Gasteiger partial charge is 0.319 e. The number of hydrogen-bond acceptors (Lipinski definition) is 5. The van der Waals surface area contributed by atoms with Crippen LogP contribution in [0.5, 0.6) is 0 Å². The molecule has 144 valence electrons. The van der Waals surface area contributed by atoms with Crippen LogP contribution in [0.25, 0.3) is 5.69 Å². The summed E-state index contributed by atoms with van der Waals surface area (Å²) in [5.41, 5.74) is 1.54. The Morgan fingerprint density at radius 1 is 1.11 bits per heavy atom. The van der Waals surface area contributed by atoms with E-state index in [4.69, 9.17) is 0 Å². The Morgan fingerprint density at radius 3 is 2.79 bits per heavy atom. The number of hydrogen-bond donors (Lipinski definition) is 2. The van der Waals surface area contributed by atoms with Gasteiger partial charge in [-0.1, -0.05) is 12.1 Å². The van der Waals surface area contributed by atoms with Gasteiger partial charge in [-0.05, 0) is 43.0 Å². The fraction of sp³-hybridized carbons (Fsp3) is 0.300. The lowest BCUT2D eigenvalue weighted by atomic mass is 9.98. The highest BCUT2D eigenvalue weighted by Crippen LogP contribution is 2.20. The van der Waals surface area contributed by atoms with Gasteiger partial charge in [0.15, 0.2) is 0 Å². The number of nitrogens with zero attached hydrogens (tertiary/aromatic N) is 5. The minimum absolute atomic E-state index is 0.215. The van der Waals surface area contributed by atoms with E-state index in [1.165, 1.54) is 0 Å². The Morgan fingerprint density at radius 2 is 1.96 bits per heavy atom. The molecule has 1 atom stereocenters. The molecule has 1 unspecified atom stereocenters. The first-order valence-corrected chi connectivity index (χ1v) is 9.45. The van der Waals surface area contributed by atoms with E-state index in [-0.39, 0.29) is 6.03 Å². The third-order valence-electron chi connectivity index (χ3n) is 4.81. The van der Waals surface area contributed by atoms with Gasteiger partial charge in [0, 0.05) is 44.4 Å². The Labute approximate surface area is 163 Å². The summed E-state index contributed by atoms with van der Waals surface area (Å²) in [4.78, 5) is 23.3. The summed E-state index contributed by atoms with van der Waals surface area (Å²) in [6.45, 7) is 2.40. The number of aromatic nitrogens is 4. The lowest BCUT2D eigenvalue weighted by Crippen LogP contribution is -2.42. The van der Waals surface area contributed by atoms with Gasteiger partial charge in [0.05, 0.1) is 11.4 Å². The van der Waals surface area contributed by atoms with Crippen LogP contribution in [0.3, 0.4) is 0 Å². The molecule has 2 N–H and O–H groups in total. The van der Waals surface area contributed by atoms with E-state index in [0.29, 0.717) is 18.2 Å². The first kappa shape index (κ1) is 18.0. The van der Waals surface area contributed by atoms with Crippen molar-refractivity contribution in [3.63, 3.8) is 0 Å². The molecule has 0 radical (unpaired) electrons. The van der Waals surface area contributed by atoms with Gasteiger partial charge in [0.25, 0.3) is 0 Å². The maximum atomic E-state index is 12.4. The van der Waals surface area contributed by atoms with Gasteiger partial charge in [0.2, 0.25) is 5.95 Å². The van der Waals surface area contributed by atoms with Crippen molar-refractivity contribution in [1.82, 2.24) is 25.1 Å². The summed E-state index contributed by atoms with van der Waals surface area (Å²) in [6.07, 6.45) is 9.22. The van der Waals surface area contributed by atoms with E-state index in [2.05, 4.69) is 30.6 Å². The number of piperidine rings is 1. The number of urea groups is 1. The standard InChI is InChI=1S/C20H23N7O/c28-20(25-17-7-1-2-8-18(17)27-13-5-11-24-27)23-14-16-6-3-12-26(15-16)19-21-9-4-10-22-19/h1-2,4-5,7-11,13,16H,3,6,12,14-15H2,(H2,23,25,28). The molecule has 1 aromatic carbocycles. The zero-order chi connectivity index (χ0) is 19.2. The molecule has 0 aliphatic carbocycles. The molecular weight excluding hydrogens is 354 g/mol. The van der Waals surface area contributed by atoms with Crippen LogP contribution in [-0.4, -0.2) is 45.4 Å². The van der Waals surface area contributed by atoms with Crippen molar-refractivity contribution in [2.45, 2.75) is 12.8 Å². The lowest BCUT2D eigenvalue weighted by Gasteiger charge is -2.32. The fourth-order valence-electron chi connectivity index (χ4n) is 3.46. The van der Waals surface area contributed by atoms with E-state index in [9.17, 15) is 4.79 Å². The lowest BCUT2D eigenvalue weighted by molar-refractivity contribution is 0.249. The molecule has 0 bridgehead atoms. The number of nitrogens with one attached hydrogen (secondary N) is 2. The maximum absolute atomic E-state index is 12.4. The summed E-state index contributed by atoms with van der Waals surface area (Å²) >= 11 is 0. The van der Waals surface area contributed by atoms with E-state index in [1.54, 1.807) is 23.3 Å². The largest absolute Gasteiger partial charge is 0.340 e. The van der Waals surface area contributed by atoms with Gasteiger partial charge in [-0.2, -0.15) is 5.10 Å². The van der Waals surface area contributed by atoms with Gasteiger partial charge >= 0.3 is 6.03 Å². The molecule has 1 fully saturated rings. The van der Waals surface area contributed by atoms with Crippen molar-refractivity contribution in [3.05, 3.63) is 61.2 Å². The number of anilines is 2. The first-order valence-electron chi connectivity index (χ1n) is 9.45. The molecule has 3 aromatic rings. The highest BCUT2D eigenvalue weighted by atomic mass is 16.2. The number of benzene rings is 1. The highest BCUT2D eigenvalue weighted by molar-refractivity contribution is 5.91. The maximum Gasteiger partial charge on any atom is 0.319 e.